The fraction of sp³-hybridized carbons (Fsp3) is 0.0455. The molecule has 150 valence electrons. The van der Waals surface area contributed by atoms with Gasteiger partial charge in [0.15, 0.2) is 5.82 Å². The van der Waals surface area contributed by atoms with E-state index in [-0.39, 0.29) is 11.6 Å². The fourth-order valence-electron chi connectivity index (χ4n) is 2.92. The zero-order valence-corrected chi connectivity index (χ0v) is 18.1. The molecule has 0 aliphatic rings. The third-order valence-electron chi connectivity index (χ3n) is 4.44. The average molecular weight is 486 g/mol. The van der Waals surface area contributed by atoms with Crippen molar-refractivity contribution in [1.29, 1.82) is 0 Å². The summed E-state index contributed by atoms with van der Waals surface area (Å²) >= 11 is 9.63. The first-order valence-electron chi connectivity index (χ1n) is 8.98. The number of hydrogen-bond donors (Lipinski definition) is 1. The number of amides is 1. The number of carbonyl (C=O) groups is 1. The molecule has 30 heavy (non-hydrogen) atoms. The van der Waals surface area contributed by atoms with Crippen LogP contribution >= 0.6 is 27.5 Å². The largest absolute Gasteiger partial charge is 0.318 e. The summed E-state index contributed by atoms with van der Waals surface area (Å²) in [6.07, 6.45) is 0. The Hall–Kier alpha value is -3.03. The molecular formula is C22H15BrClFN4O. The van der Waals surface area contributed by atoms with Crippen molar-refractivity contribution in [2.24, 2.45) is 0 Å². The third kappa shape index (κ3) is 4.13. The molecule has 4 aromatic rings. The van der Waals surface area contributed by atoms with Crippen molar-refractivity contribution >= 4 is 39.1 Å². The van der Waals surface area contributed by atoms with Gasteiger partial charge in [0.2, 0.25) is 5.82 Å². The molecule has 0 aliphatic heterocycles. The van der Waals surface area contributed by atoms with Crippen LogP contribution in [0.15, 0.2) is 71.2 Å². The Labute approximate surface area is 185 Å². The first-order valence-corrected chi connectivity index (χ1v) is 10.1. The van der Waals surface area contributed by atoms with Crippen LogP contribution < -0.4 is 5.32 Å². The molecule has 0 spiro atoms. The van der Waals surface area contributed by atoms with Gasteiger partial charge < -0.3 is 5.32 Å². The number of nitrogens with zero attached hydrogens (tertiary/aromatic N) is 3. The minimum Gasteiger partial charge on any atom is -0.318 e. The molecule has 0 unspecified atom stereocenters. The van der Waals surface area contributed by atoms with Crippen LogP contribution in [-0.4, -0.2) is 20.7 Å². The standard InChI is InChI=1S/C22H15BrClFN4O/c1-13-3-2-4-18(24)19(13)26-22(30)20-27-21(14-5-7-15(23)8-6-14)29(28-20)17-11-9-16(25)10-12-17/h2-12H,1H3,(H,26,30). The number of rotatable bonds is 4. The Morgan fingerprint density at radius 3 is 2.43 bits per heavy atom. The van der Waals surface area contributed by atoms with Crippen LogP contribution in [0, 0.1) is 12.7 Å². The van der Waals surface area contributed by atoms with Crippen molar-refractivity contribution < 1.29 is 9.18 Å². The number of carbonyl (C=O) groups excluding carboxylic acids is 1. The summed E-state index contributed by atoms with van der Waals surface area (Å²) in [6, 6.07) is 18.6. The molecule has 3 aromatic carbocycles. The lowest BCUT2D eigenvalue weighted by Gasteiger charge is -2.08. The van der Waals surface area contributed by atoms with Crippen molar-refractivity contribution in [2.75, 3.05) is 5.32 Å². The molecule has 0 saturated heterocycles. The number of aryl methyl sites for hydroxylation is 1. The van der Waals surface area contributed by atoms with Gasteiger partial charge in [0.1, 0.15) is 5.82 Å². The first-order chi connectivity index (χ1) is 14.4. The monoisotopic (exact) mass is 484 g/mol. The summed E-state index contributed by atoms with van der Waals surface area (Å²) in [6.45, 7) is 1.85. The van der Waals surface area contributed by atoms with Gasteiger partial charge in [0, 0.05) is 10.0 Å². The van der Waals surface area contributed by atoms with E-state index in [9.17, 15) is 9.18 Å². The molecule has 1 N–H and O–H groups in total. The lowest BCUT2D eigenvalue weighted by Crippen LogP contribution is -2.15. The summed E-state index contributed by atoms with van der Waals surface area (Å²) in [5.74, 6) is -0.437. The molecule has 0 fully saturated rings. The van der Waals surface area contributed by atoms with Crippen LogP contribution in [0.3, 0.4) is 0 Å². The Balaban J connectivity index is 1.77. The van der Waals surface area contributed by atoms with Crippen LogP contribution in [0.4, 0.5) is 10.1 Å². The van der Waals surface area contributed by atoms with Gasteiger partial charge in [-0.3, -0.25) is 4.79 Å². The fourth-order valence-corrected chi connectivity index (χ4v) is 3.45. The molecule has 0 aliphatic carbocycles. The van der Waals surface area contributed by atoms with E-state index in [4.69, 9.17) is 11.6 Å². The summed E-state index contributed by atoms with van der Waals surface area (Å²) < 4.78 is 15.8. The van der Waals surface area contributed by atoms with Gasteiger partial charge >= 0.3 is 0 Å². The zero-order valence-electron chi connectivity index (χ0n) is 15.7. The number of benzene rings is 3. The average Bonchev–Trinajstić information content (AvgIpc) is 3.17. The summed E-state index contributed by atoms with van der Waals surface area (Å²) in [4.78, 5) is 17.3. The molecule has 4 rings (SSSR count). The lowest BCUT2D eigenvalue weighted by atomic mass is 10.2. The van der Waals surface area contributed by atoms with Crippen molar-refractivity contribution in [3.8, 4) is 17.1 Å². The van der Waals surface area contributed by atoms with Crippen molar-refractivity contribution in [3.05, 3.63) is 93.4 Å². The Bertz CT molecular complexity index is 1140. The summed E-state index contributed by atoms with van der Waals surface area (Å²) in [7, 11) is 0. The quantitative estimate of drug-likeness (QED) is 0.383. The Morgan fingerprint density at radius 2 is 1.77 bits per heavy atom. The molecule has 8 heteroatoms. The highest BCUT2D eigenvalue weighted by molar-refractivity contribution is 9.10. The molecule has 0 radical (unpaired) electrons. The van der Waals surface area contributed by atoms with E-state index in [2.05, 4.69) is 31.3 Å². The van der Waals surface area contributed by atoms with Gasteiger partial charge in [-0.15, -0.1) is 5.10 Å². The molecule has 1 amide bonds. The van der Waals surface area contributed by atoms with Crippen molar-refractivity contribution in [3.63, 3.8) is 0 Å². The second-order valence-corrected chi connectivity index (χ2v) is 7.86. The summed E-state index contributed by atoms with van der Waals surface area (Å²) in [5, 5.41) is 7.59. The minimum atomic E-state index is -0.495. The van der Waals surface area contributed by atoms with E-state index in [0.29, 0.717) is 22.2 Å². The maximum absolute atomic E-state index is 13.4. The molecular weight excluding hydrogens is 471 g/mol. The third-order valence-corrected chi connectivity index (χ3v) is 5.29. The molecule has 0 saturated carbocycles. The van der Waals surface area contributed by atoms with Gasteiger partial charge in [-0.2, -0.15) is 0 Å². The molecule has 0 bridgehead atoms. The van der Waals surface area contributed by atoms with Gasteiger partial charge in [-0.1, -0.05) is 51.8 Å². The second-order valence-electron chi connectivity index (χ2n) is 6.54. The highest BCUT2D eigenvalue weighted by Gasteiger charge is 2.20. The lowest BCUT2D eigenvalue weighted by molar-refractivity contribution is 0.101. The van der Waals surface area contributed by atoms with E-state index in [1.165, 1.54) is 16.8 Å². The number of aromatic nitrogens is 3. The topological polar surface area (TPSA) is 59.8 Å². The normalized spacial score (nSPS) is 10.8. The van der Waals surface area contributed by atoms with E-state index < -0.39 is 5.91 Å². The van der Waals surface area contributed by atoms with Gasteiger partial charge in [-0.25, -0.2) is 14.1 Å². The Kier molecular flexibility index (Phi) is 5.65. The maximum atomic E-state index is 13.4. The number of halogens is 3. The van der Waals surface area contributed by atoms with Crippen LogP contribution in [0.5, 0.6) is 0 Å². The van der Waals surface area contributed by atoms with E-state index in [0.717, 1.165) is 15.6 Å². The number of nitrogens with one attached hydrogen (secondary N) is 1. The summed E-state index contributed by atoms with van der Waals surface area (Å²) in [5.41, 5.74) is 2.66. The van der Waals surface area contributed by atoms with Crippen LogP contribution in [0.2, 0.25) is 5.02 Å². The predicted molar refractivity (Wildman–Crippen MR) is 119 cm³/mol. The van der Waals surface area contributed by atoms with Crippen LogP contribution in [0.25, 0.3) is 17.1 Å². The number of hydrogen-bond acceptors (Lipinski definition) is 3. The molecule has 1 heterocycles. The smallest absolute Gasteiger partial charge is 0.295 e. The second kappa shape index (κ2) is 8.38. The highest BCUT2D eigenvalue weighted by Crippen LogP contribution is 2.27. The van der Waals surface area contributed by atoms with Gasteiger partial charge in [0.05, 0.1) is 16.4 Å². The predicted octanol–water partition coefficient (Wildman–Crippen LogP) is 6.05. The SMILES string of the molecule is Cc1cccc(Cl)c1NC(=O)c1nc(-c2ccc(Br)cc2)n(-c2ccc(F)cc2)n1. The Morgan fingerprint density at radius 1 is 1.07 bits per heavy atom. The van der Waals surface area contributed by atoms with E-state index in [1.54, 1.807) is 24.3 Å². The minimum absolute atomic E-state index is 0.0310. The van der Waals surface area contributed by atoms with Crippen molar-refractivity contribution in [1.82, 2.24) is 14.8 Å². The van der Waals surface area contributed by atoms with Gasteiger partial charge in [0.25, 0.3) is 5.91 Å². The van der Waals surface area contributed by atoms with Crippen LogP contribution in [-0.2, 0) is 0 Å². The van der Waals surface area contributed by atoms with Crippen LogP contribution in [0.1, 0.15) is 16.2 Å². The molecule has 5 nitrogen and oxygen atoms in total. The molecule has 0 atom stereocenters. The van der Waals surface area contributed by atoms with E-state index in [1.807, 2.05) is 37.3 Å². The molecule has 1 aromatic heterocycles. The zero-order chi connectivity index (χ0) is 21.3. The highest BCUT2D eigenvalue weighted by atomic mass is 79.9. The van der Waals surface area contributed by atoms with Gasteiger partial charge in [-0.05, 0) is 55.0 Å². The van der Waals surface area contributed by atoms with Crippen molar-refractivity contribution in [2.45, 2.75) is 6.92 Å². The number of anilines is 1. The van der Waals surface area contributed by atoms with E-state index >= 15 is 0 Å². The number of para-hydroxylation sites is 1. The first kappa shape index (κ1) is 20.3. The maximum Gasteiger partial charge on any atom is 0.295 e.